The van der Waals surface area contributed by atoms with E-state index in [1.807, 2.05) is 84.9 Å². The van der Waals surface area contributed by atoms with Crippen LogP contribution < -0.4 is 10.6 Å². The van der Waals surface area contributed by atoms with Gasteiger partial charge in [-0.15, -0.1) is 0 Å². The molecule has 0 unspecified atom stereocenters. The maximum atomic E-state index is 14.1. The molecule has 2 fully saturated rings. The van der Waals surface area contributed by atoms with E-state index in [4.69, 9.17) is 0 Å². The first kappa shape index (κ1) is 29.3. The Balaban J connectivity index is 1.32. The molecule has 0 radical (unpaired) electrons. The summed E-state index contributed by atoms with van der Waals surface area (Å²) in [7, 11) is 0. The lowest BCUT2D eigenvalue weighted by Crippen LogP contribution is -2.55. The maximum absolute atomic E-state index is 14.1. The number of benzene rings is 4. The minimum absolute atomic E-state index is 0.460. The van der Waals surface area contributed by atoms with Crippen LogP contribution in [-0.4, -0.2) is 33.2 Å². The summed E-state index contributed by atoms with van der Waals surface area (Å²) in [6, 6.07) is 26.5. The van der Waals surface area contributed by atoms with Gasteiger partial charge in [0.25, 0.3) is 0 Å². The first-order valence-electron chi connectivity index (χ1n) is 15.6. The van der Waals surface area contributed by atoms with Gasteiger partial charge in [0.15, 0.2) is 0 Å². The summed E-state index contributed by atoms with van der Waals surface area (Å²) in [5.41, 5.74) is -2.01. The Morgan fingerprint density at radius 1 is 0.605 bits per heavy atom. The van der Waals surface area contributed by atoms with Crippen molar-refractivity contribution in [2.45, 2.75) is 88.5 Å². The second kappa shape index (κ2) is 11.4. The number of aliphatic hydroxyl groups is 2. The SMILES string of the molecule is CC(C)(C(=O)N[C@@H](c1cccc2ccccc12)C1(O)CCCC1)C(=O)N[C@@H](c1cccc2ccccc12)C1(O)CCCC1. The van der Waals surface area contributed by atoms with E-state index in [1.165, 1.54) is 0 Å². The van der Waals surface area contributed by atoms with E-state index in [0.29, 0.717) is 25.7 Å². The van der Waals surface area contributed by atoms with Gasteiger partial charge in [0.2, 0.25) is 11.8 Å². The molecule has 0 aromatic heterocycles. The molecule has 6 nitrogen and oxygen atoms in total. The molecule has 43 heavy (non-hydrogen) atoms. The molecule has 0 bridgehead atoms. The minimum atomic E-state index is -1.48. The van der Waals surface area contributed by atoms with Crippen LogP contribution in [-0.2, 0) is 9.59 Å². The van der Waals surface area contributed by atoms with Gasteiger partial charge in [0.05, 0.1) is 23.3 Å². The molecular weight excluding hydrogens is 536 g/mol. The van der Waals surface area contributed by atoms with Gasteiger partial charge < -0.3 is 20.8 Å². The number of amides is 2. The summed E-state index contributed by atoms with van der Waals surface area (Å²) in [4.78, 5) is 28.2. The topological polar surface area (TPSA) is 98.7 Å². The van der Waals surface area contributed by atoms with Crippen molar-refractivity contribution in [1.82, 2.24) is 10.6 Å². The zero-order valence-electron chi connectivity index (χ0n) is 25.1. The average molecular weight is 579 g/mol. The molecule has 4 N–H and O–H groups in total. The van der Waals surface area contributed by atoms with Gasteiger partial charge in [-0.3, -0.25) is 9.59 Å². The van der Waals surface area contributed by atoms with Crippen LogP contribution in [0, 0.1) is 5.41 Å². The Kier molecular flexibility index (Phi) is 7.78. The van der Waals surface area contributed by atoms with Crippen molar-refractivity contribution in [3.8, 4) is 0 Å². The summed E-state index contributed by atoms with van der Waals surface area (Å²) >= 11 is 0. The Bertz CT molecular complexity index is 1520. The van der Waals surface area contributed by atoms with E-state index in [0.717, 1.165) is 58.4 Å². The van der Waals surface area contributed by atoms with Crippen LogP contribution >= 0.6 is 0 Å². The molecule has 2 aliphatic carbocycles. The Morgan fingerprint density at radius 2 is 0.953 bits per heavy atom. The highest BCUT2D eigenvalue weighted by atomic mass is 16.3. The summed E-state index contributed by atoms with van der Waals surface area (Å²) in [5, 5.41) is 34.0. The highest BCUT2D eigenvalue weighted by Gasteiger charge is 2.48. The van der Waals surface area contributed by atoms with E-state index in [2.05, 4.69) is 10.6 Å². The van der Waals surface area contributed by atoms with Crippen LogP contribution in [0.15, 0.2) is 84.9 Å². The van der Waals surface area contributed by atoms with Crippen molar-refractivity contribution < 1.29 is 19.8 Å². The van der Waals surface area contributed by atoms with Crippen molar-refractivity contribution in [3.63, 3.8) is 0 Å². The molecule has 0 saturated heterocycles. The third kappa shape index (κ3) is 5.43. The van der Waals surface area contributed by atoms with Crippen LogP contribution in [0.2, 0.25) is 0 Å². The number of fused-ring (bicyclic) bond motifs is 2. The van der Waals surface area contributed by atoms with E-state index in [-0.39, 0.29) is 0 Å². The molecule has 2 atom stereocenters. The summed E-state index contributed by atoms with van der Waals surface area (Å²) < 4.78 is 0. The van der Waals surface area contributed by atoms with E-state index in [9.17, 15) is 19.8 Å². The molecule has 4 aromatic rings. The summed E-state index contributed by atoms with van der Waals surface area (Å²) in [6.45, 7) is 3.24. The lowest BCUT2D eigenvalue weighted by molar-refractivity contribution is -0.145. The van der Waals surface area contributed by atoms with Crippen LogP contribution in [0.4, 0.5) is 0 Å². The Morgan fingerprint density at radius 3 is 1.35 bits per heavy atom. The zero-order chi connectivity index (χ0) is 30.2. The highest BCUT2D eigenvalue weighted by Crippen LogP contribution is 2.44. The molecule has 2 saturated carbocycles. The first-order valence-corrected chi connectivity index (χ1v) is 15.6. The standard InChI is InChI=1S/C37H42N2O4/c1-35(2,33(40)38-31(36(42)21-7-8-22-36)29-19-11-15-25-13-3-5-17-27(25)29)34(41)39-32(37(43)23-9-10-24-37)30-20-12-16-26-14-4-6-18-28(26)30/h3-6,11-20,31-32,42-43H,7-10,21-24H2,1-2H3,(H,38,40)(H,39,41)/t31-,32-/m0/s1. The predicted octanol–water partition coefficient (Wildman–Crippen LogP) is 6.64. The maximum Gasteiger partial charge on any atom is 0.235 e. The lowest BCUT2D eigenvalue weighted by atomic mass is 9.81. The van der Waals surface area contributed by atoms with Crippen LogP contribution in [0.3, 0.4) is 0 Å². The smallest absolute Gasteiger partial charge is 0.235 e. The van der Waals surface area contributed by atoms with Gasteiger partial charge in [0, 0.05) is 0 Å². The fourth-order valence-electron chi connectivity index (χ4n) is 7.29. The van der Waals surface area contributed by atoms with Crippen LogP contribution in [0.5, 0.6) is 0 Å². The Labute approximate surface area is 253 Å². The van der Waals surface area contributed by atoms with Gasteiger partial charge in [-0.1, -0.05) is 111 Å². The van der Waals surface area contributed by atoms with E-state index < -0.39 is 40.5 Å². The van der Waals surface area contributed by atoms with Gasteiger partial charge in [-0.05, 0) is 72.2 Å². The van der Waals surface area contributed by atoms with Crippen molar-refractivity contribution in [3.05, 3.63) is 96.1 Å². The van der Waals surface area contributed by atoms with Gasteiger partial charge in [-0.2, -0.15) is 0 Å². The van der Waals surface area contributed by atoms with Crippen LogP contribution in [0.1, 0.15) is 88.4 Å². The number of nitrogens with one attached hydrogen (secondary N) is 2. The molecule has 224 valence electrons. The molecule has 0 heterocycles. The monoisotopic (exact) mass is 578 g/mol. The third-order valence-corrected chi connectivity index (χ3v) is 9.97. The number of hydrogen-bond donors (Lipinski definition) is 4. The lowest BCUT2D eigenvalue weighted by Gasteiger charge is -2.38. The second-order valence-corrected chi connectivity index (χ2v) is 13.2. The number of carbonyl (C=O) groups is 2. The molecular formula is C37H42N2O4. The molecule has 2 aliphatic rings. The number of hydrogen-bond acceptors (Lipinski definition) is 4. The molecule has 6 heteroatoms. The molecule has 0 spiro atoms. The summed E-state index contributed by atoms with van der Waals surface area (Å²) in [6.07, 6.45) is 5.80. The number of rotatable bonds is 8. The van der Waals surface area contributed by atoms with Crippen molar-refractivity contribution in [2.24, 2.45) is 5.41 Å². The van der Waals surface area contributed by atoms with Crippen LogP contribution in [0.25, 0.3) is 21.5 Å². The van der Waals surface area contributed by atoms with E-state index in [1.54, 1.807) is 13.8 Å². The quantitative estimate of drug-likeness (QED) is 0.176. The molecule has 4 aromatic carbocycles. The zero-order valence-corrected chi connectivity index (χ0v) is 25.1. The number of carbonyl (C=O) groups excluding carboxylic acids is 2. The predicted molar refractivity (Wildman–Crippen MR) is 170 cm³/mol. The fraction of sp³-hybridized carbons (Fsp3) is 0.405. The fourth-order valence-corrected chi connectivity index (χ4v) is 7.29. The van der Waals surface area contributed by atoms with E-state index >= 15 is 0 Å². The molecule has 2 amide bonds. The van der Waals surface area contributed by atoms with Crippen molar-refractivity contribution in [2.75, 3.05) is 0 Å². The Hall–Kier alpha value is -3.74. The summed E-state index contributed by atoms with van der Waals surface area (Å²) in [5.74, 6) is -0.920. The first-order chi connectivity index (χ1) is 20.6. The highest BCUT2D eigenvalue weighted by molar-refractivity contribution is 6.05. The average Bonchev–Trinajstić information content (AvgIpc) is 3.67. The van der Waals surface area contributed by atoms with Gasteiger partial charge in [0.1, 0.15) is 5.41 Å². The van der Waals surface area contributed by atoms with Crippen molar-refractivity contribution in [1.29, 1.82) is 0 Å². The molecule has 0 aliphatic heterocycles. The second-order valence-electron chi connectivity index (χ2n) is 13.2. The van der Waals surface area contributed by atoms with Gasteiger partial charge >= 0.3 is 0 Å². The third-order valence-electron chi connectivity index (χ3n) is 9.97. The van der Waals surface area contributed by atoms with Crippen molar-refractivity contribution >= 4 is 33.4 Å². The minimum Gasteiger partial charge on any atom is -0.387 e. The molecule has 6 rings (SSSR count). The normalized spacial score (nSPS) is 19.3. The largest absolute Gasteiger partial charge is 0.387 e. The van der Waals surface area contributed by atoms with Gasteiger partial charge in [-0.25, -0.2) is 0 Å².